The van der Waals surface area contributed by atoms with Crippen LogP contribution in [0.25, 0.3) is 5.69 Å². The van der Waals surface area contributed by atoms with Crippen molar-refractivity contribution < 1.29 is 28.3 Å². The molecular weight excluding hydrogens is 569 g/mol. The summed E-state index contributed by atoms with van der Waals surface area (Å²) in [5.41, 5.74) is 1.07. The molecule has 43 heavy (non-hydrogen) atoms. The maximum atomic E-state index is 16.2. The van der Waals surface area contributed by atoms with Gasteiger partial charge in [-0.2, -0.15) is 0 Å². The summed E-state index contributed by atoms with van der Waals surface area (Å²) in [4.78, 5) is 42.3. The molecule has 2 aromatic carbocycles. The molecule has 226 valence electrons. The zero-order valence-corrected chi connectivity index (χ0v) is 25.7. The summed E-state index contributed by atoms with van der Waals surface area (Å²) >= 11 is 0. The van der Waals surface area contributed by atoms with Crippen LogP contribution in [0.1, 0.15) is 30.0 Å². The van der Waals surface area contributed by atoms with Crippen molar-refractivity contribution in [3.8, 4) is 11.4 Å². The van der Waals surface area contributed by atoms with Crippen LogP contribution in [0.15, 0.2) is 65.6 Å². The van der Waals surface area contributed by atoms with Crippen molar-refractivity contribution in [2.75, 3.05) is 19.0 Å². The van der Waals surface area contributed by atoms with Crippen LogP contribution in [0.3, 0.4) is 0 Å². The predicted octanol–water partition coefficient (Wildman–Crippen LogP) is 3.91. The molecule has 0 unspecified atom stereocenters. The molecular formula is C32H36FN3O6Si. The second-order valence-corrected chi connectivity index (χ2v) is 16.0. The number of nitrogens with zero attached hydrogens (tertiary/aromatic N) is 2. The van der Waals surface area contributed by atoms with Gasteiger partial charge in [0.2, 0.25) is 14.3 Å². The van der Waals surface area contributed by atoms with E-state index in [1.54, 1.807) is 54.5 Å². The standard InChI is InChI=1S/C32H36FN3O6Si/c1-19-29(43(3,4)33)27(16-28(38)36-17-21-9-6-5-8-20(21)14-23(36)18-37)42-32(19)24-15-22(11-12-25(24)34-31(32)40)35-13-7-10-26(41-2)30(35)39/h5-13,15,19,23,27,29,37H,14,16-18H2,1-4H3,(H,34,40)/t19-,23+,27+,29-,32+/m1/s1. The van der Waals surface area contributed by atoms with Crippen LogP contribution in [0, 0.1) is 5.92 Å². The fourth-order valence-electron chi connectivity index (χ4n) is 7.37. The third-order valence-electron chi connectivity index (χ3n) is 9.37. The highest BCUT2D eigenvalue weighted by atomic mass is 28.4. The van der Waals surface area contributed by atoms with Crippen LogP contribution in [0.5, 0.6) is 5.75 Å². The lowest BCUT2D eigenvalue weighted by Gasteiger charge is -2.37. The number of hydrogen-bond donors (Lipinski definition) is 2. The number of nitrogens with one attached hydrogen (secondary N) is 1. The van der Waals surface area contributed by atoms with Crippen LogP contribution in [-0.4, -0.2) is 60.7 Å². The summed E-state index contributed by atoms with van der Waals surface area (Å²) in [7, 11) is -2.07. The summed E-state index contributed by atoms with van der Waals surface area (Å²) in [6.07, 6.45) is 1.16. The number of hydrogen-bond acceptors (Lipinski definition) is 6. The first-order valence-corrected chi connectivity index (χ1v) is 17.5. The van der Waals surface area contributed by atoms with Crippen molar-refractivity contribution in [3.05, 3.63) is 87.8 Å². The summed E-state index contributed by atoms with van der Waals surface area (Å²) in [6, 6.07) is 15.8. The molecule has 3 aliphatic rings. The van der Waals surface area contributed by atoms with E-state index in [1.165, 1.54) is 11.7 Å². The van der Waals surface area contributed by atoms with Crippen molar-refractivity contribution in [3.63, 3.8) is 0 Å². The predicted molar refractivity (Wildman–Crippen MR) is 161 cm³/mol. The van der Waals surface area contributed by atoms with Gasteiger partial charge >= 0.3 is 0 Å². The van der Waals surface area contributed by atoms with E-state index < -0.39 is 43.5 Å². The van der Waals surface area contributed by atoms with Gasteiger partial charge in [0.05, 0.1) is 32.3 Å². The molecule has 5 atom stereocenters. The molecule has 1 aromatic heterocycles. The van der Waals surface area contributed by atoms with Gasteiger partial charge in [0.25, 0.3) is 11.5 Å². The molecule has 2 amide bonds. The monoisotopic (exact) mass is 605 g/mol. The van der Waals surface area contributed by atoms with Crippen LogP contribution < -0.4 is 15.6 Å². The molecule has 6 rings (SSSR count). The van der Waals surface area contributed by atoms with E-state index in [4.69, 9.17) is 9.47 Å². The van der Waals surface area contributed by atoms with Gasteiger partial charge < -0.3 is 28.9 Å². The van der Waals surface area contributed by atoms with E-state index in [9.17, 15) is 19.5 Å². The second kappa shape index (κ2) is 10.7. The largest absolute Gasteiger partial charge is 0.491 e. The number of benzene rings is 2. The van der Waals surface area contributed by atoms with Crippen LogP contribution in [0.4, 0.5) is 9.80 Å². The van der Waals surface area contributed by atoms with E-state index >= 15 is 4.11 Å². The zero-order valence-electron chi connectivity index (χ0n) is 24.7. The minimum Gasteiger partial charge on any atom is -0.491 e. The molecule has 4 heterocycles. The van der Waals surface area contributed by atoms with Crippen LogP contribution in [-0.2, 0) is 32.9 Å². The smallest absolute Gasteiger partial charge is 0.297 e. The number of fused-ring (bicyclic) bond motifs is 3. The van der Waals surface area contributed by atoms with Gasteiger partial charge in [0.1, 0.15) is 0 Å². The number of carbonyl (C=O) groups is 2. The number of anilines is 1. The van der Waals surface area contributed by atoms with Crippen LogP contribution >= 0.6 is 0 Å². The molecule has 3 aromatic rings. The molecule has 0 aliphatic carbocycles. The summed E-state index contributed by atoms with van der Waals surface area (Å²) in [5, 5.41) is 13.0. The molecule has 1 saturated heterocycles. The Morgan fingerprint density at radius 3 is 2.60 bits per heavy atom. The summed E-state index contributed by atoms with van der Waals surface area (Å²) < 4.78 is 29.4. The molecule has 0 bridgehead atoms. The Morgan fingerprint density at radius 1 is 1.16 bits per heavy atom. The second-order valence-electron chi connectivity index (χ2n) is 12.2. The van der Waals surface area contributed by atoms with E-state index in [-0.39, 0.29) is 30.2 Å². The average Bonchev–Trinajstić information content (AvgIpc) is 3.44. The van der Waals surface area contributed by atoms with Crippen molar-refractivity contribution in [2.24, 2.45) is 5.92 Å². The van der Waals surface area contributed by atoms with E-state index in [2.05, 4.69) is 5.32 Å². The quantitative estimate of drug-likeness (QED) is 0.326. The number of halogens is 1. The van der Waals surface area contributed by atoms with E-state index in [0.29, 0.717) is 29.9 Å². The number of amides is 2. The van der Waals surface area contributed by atoms with E-state index in [1.807, 2.05) is 31.2 Å². The lowest BCUT2D eigenvalue weighted by Crippen LogP contribution is -2.48. The molecule has 9 nitrogen and oxygen atoms in total. The number of rotatable bonds is 6. The molecule has 2 N–H and O–H groups in total. The van der Waals surface area contributed by atoms with Crippen LogP contribution in [0.2, 0.25) is 18.6 Å². The number of ether oxygens (including phenoxy) is 2. The molecule has 3 aliphatic heterocycles. The Labute approximate surface area is 250 Å². The van der Waals surface area contributed by atoms with Crippen molar-refractivity contribution in [1.82, 2.24) is 9.47 Å². The maximum absolute atomic E-state index is 16.2. The van der Waals surface area contributed by atoms with Crippen molar-refractivity contribution in [2.45, 2.75) is 62.7 Å². The Bertz CT molecular complexity index is 1650. The SMILES string of the molecule is COc1cccn(-c2ccc3c(c2)[C@]2(O[C@@H](CC(=O)N4Cc5ccccc5C[C@H]4CO)[C@H]([Si](C)(C)F)[C@H]2C)C(=O)N3)c1=O. The third-order valence-corrected chi connectivity index (χ3v) is 11.8. The molecule has 1 spiro atoms. The molecule has 0 radical (unpaired) electrons. The highest BCUT2D eigenvalue weighted by molar-refractivity contribution is 6.72. The summed E-state index contributed by atoms with van der Waals surface area (Å²) in [6.45, 7) is 5.14. The van der Waals surface area contributed by atoms with Gasteiger partial charge in [-0.3, -0.25) is 19.0 Å². The fourth-order valence-corrected chi connectivity index (χ4v) is 9.86. The lowest BCUT2D eigenvalue weighted by molar-refractivity contribution is -0.149. The lowest BCUT2D eigenvalue weighted by atomic mass is 9.82. The Kier molecular flexibility index (Phi) is 7.30. The Hall–Kier alpha value is -3.80. The molecule has 1 fully saturated rings. The number of pyridine rings is 1. The van der Waals surface area contributed by atoms with E-state index in [0.717, 1.165) is 11.1 Å². The van der Waals surface area contributed by atoms with Gasteiger partial charge in [-0.25, -0.2) is 0 Å². The first kappa shape index (κ1) is 29.3. The Balaban J connectivity index is 1.37. The maximum Gasteiger partial charge on any atom is 0.297 e. The first-order valence-electron chi connectivity index (χ1n) is 14.6. The Morgan fingerprint density at radius 2 is 1.91 bits per heavy atom. The topological polar surface area (TPSA) is 110 Å². The normalized spacial score (nSPS) is 26.3. The minimum absolute atomic E-state index is 0.118. The molecule has 11 heteroatoms. The minimum atomic E-state index is -3.49. The third kappa shape index (κ3) is 4.70. The highest BCUT2D eigenvalue weighted by Gasteiger charge is 2.65. The highest BCUT2D eigenvalue weighted by Crippen LogP contribution is 2.59. The number of carbonyl (C=O) groups excluding carboxylic acids is 2. The van der Waals surface area contributed by atoms with Gasteiger partial charge in [-0.05, 0) is 61.0 Å². The number of aromatic nitrogens is 1. The molecule has 0 saturated carbocycles. The number of aliphatic hydroxyl groups excluding tert-OH is 1. The van der Waals surface area contributed by atoms with Gasteiger partial charge in [0, 0.05) is 41.1 Å². The average molecular weight is 606 g/mol. The van der Waals surface area contributed by atoms with Crippen molar-refractivity contribution in [1.29, 1.82) is 0 Å². The zero-order chi connectivity index (χ0) is 30.7. The number of aliphatic hydroxyl groups is 1. The van der Waals surface area contributed by atoms with Crippen molar-refractivity contribution >= 4 is 25.9 Å². The number of methoxy groups -OCH3 is 1. The van der Waals surface area contributed by atoms with Gasteiger partial charge in [-0.1, -0.05) is 31.2 Å². The first-order chi connectivity index (χ1) is 20.5. The van der Waals surface area contributed by atoms with Gasteiger partial charge in [-0.15, -0.1) is 0 Å². The summed E-state index contributed by atoms with van der Waals surface area (Å²) in [5.74, 6) is -1.08. The van der Waals surface area contributed by atoms with Gasteiger partial charge in [0.15, 0.2) is 11.4 Å². The fraction of sp³-hybridized carbons (Fsp3) is 0.406.